The van der Waals surface area contributed by atoms with Crippen LogP contribution in [0, 0.1) is 5.92 Å². The minimum absolute atomic E-state index is 0.0685. The van der Waals surface area contributed by atoms with Crippen molar-refractivity contribution >= 4 is 23.2 Å². The summed E-state index contributed by atoms with van der Waals surface area (Å²) in [7, 11) is 1.53. The maximum atomic E-state index is 13.6. The molecular formula is C37H42N4O6. The first kappa shape index (κ1) is 32.2. The highest BCUT2D eigenvalue weighted by Gasteiger charge is 2.37. The van der Waals surface area contributed by atoms with Gasteiger partial charge in [0.15, 0.2) is 0 Å². The first-order chi connectivity index (χ1) is 22.6. The summed E-state index contributed by atoms with van der Waals surface area (Å²) in [5.41, 5.74) is 5.59. The maximum Gasteiger partial charge on any atom is 0.407 e. The number of rotatable bonds is 8. The van der Waals surface area contributed by atoms with Crippen LogP contribution in [0.1, 0.15) is 75.2 Å². The molecule has 1 fully saturated rings. The first-order valence-corrected chi connectivity index (χ1v) is 16.2. The number of ether oxygens (including phenoxy) is 3. The number of aromatic nitrogens is 2. The van der Waals surface area contributed by atoms with E-state index in [0.717, 1.165) is 22.3 Å². The van der Waals surface area contributed by atoms with Crippen LogP contribution in [-0.2, 0) is 9.47 Å². The van der Waals surface area contributed by atoms with Gasteiger partial charge in [-0.3, -0.25) is 4.98 Å². The van der Waals surface area contributed by atoms with Crippen LogP contribution in [0.5, 0.6) is 5.88 Å². The second-order valence-electron chi connectivity index (χ2n) is 13.3. The highest BCUT2D eigenvalue weighted by atomic mass is 16.6. The minimum atomic E-state index is -1.11. The third-order valence-corrected chi connectivity index (χ3v) is 9.09. The van der Waals surface area contributed by atoms with E-state index < -0.39 is 29.9 Å². The zero-order chi connectivity index (χ0) is 33.1. The number of benzene rings is 2. The number of pyridine rings is 2. The van der Waals surface area contributed by atoms with Gasteiger partial charge >= 0.3 is 12.2 Å². The average molecular weight is 639 g/mol. The molecular weight excluding hydrogens is 596 g/mol. The van der Waals surface area contributed by atoms with Crippen LogP contribution >= 0.6 is 0 Å². The summed E-state index contributed by atoms with van der Waals surface area (Å²) in [5, 5.41) is 18.0. The number of amides is 2. The number of methoxy groups -OCH3 is 1. The third kappa shape index (κ3) is 7.17. The van der Waals surface area contributed by atoms with E-state index >= 15 is 0 Å². The number of carbonyl (C=O) groups is 2. The Bertz CT molecular complexity index is 1700. The lowest BCUT2D eigenvalue weighted by atomic mass is 9.78. The number of alkyl carbamates (subject to hydrolysis) is 2. The lowest BCUT2D eigenvalue weighted by Crippen LogP contribution is -2.48. The first-order valence-electron chi connectivity index (χ1n) is 16.2. The van der Waals surface area contributed by atoms with Gasteiger partial charge in [-0.1, -0.05) is 48.5 Å². The Hall–Kier alpha value is -4.70. The van der Waals surface area contributed by atoms with Gasteiger partial charge < -0.3 is 30.0 Å². The quantitative estimate of drug-likeness (QED) is 0.195. The molecule has 10 nitrogen and oxygen atoms in total. The third-order valence-electron chi connectivity index (χ3n) is 9.09. The molecule has 0 spiro atoms. The van der Waals surface area contributed by atoms with E-state index in [-0.39, 0.29) is 24.5 Å². The number of nitrogens with zero attached hydrogens (tertiary/aromatic N) is 2. The Morgan fingerprint density at radius 1 is 0.915 bits per heavy atom. The SMILES string of the molecule is COc1ccc2nccc([C@@H](O)[C@H](NC(=O)OCC3c4ccccc4-c4ccccc43)C3CCC(NC(=O)OC(C)(C)C)CC3)c2n1. The lowest BCUT2D eigenvalue weighted by molar-refractivity contribution is 0.0457. The standard InChI is InChI=1S/C37H42N4O6/c1-37(2,3)47-36(44)39-23-15-13-22(14-16-23)32(34(42)28-19-20-38-30-17-18-31(45-4)40-33(28)30)41-35(43)46-21-29-26-11-7-5-9-24(26)25-10-6-8-12-27(25)29/h5-12,17-20,22-23,29,32,34,42H,13-16,21H2,1-4H3,(H,39,44)(H,41,43)/t22?,23?,32-,34-/m1/s1. The average Bonchev–Trinajstić information content (AvgIpc) is 3.38. The molecule has 2 aromatic heterocycles. The van der Waals surface area contributed by atoms with Crippen molar-refractivity contribution in [1.29, 1.82) is 0 Å². The van der Waals surface area contributed by atoms with Gasteiger partial charge in [-0.2, -0.15) is 0 Å². The van der Waals surface area contributed by atoms with E-state index in [1.165, 1.54) is 7.11 Å². The Balaban J connectivity index is 1.21. The van der Waals surface area contributed by atoms with Crippen molar-refractivity contribution in [2.24, 2.45) is 5.92 Å². The Morgan fingerprint density at radius 2 is 1.57 bits per heavy atom. The fraction of sp³-hybridized carbons (Fsp3) is 0.405. The fourth-order valence-corrected chi connectivity index (χ4v) is 6.90. The van der Waals surface area contributed by atoms with Crippen LogP contribution in [0.3, 0.4) is 0 Å². The lowest BCUT2D eigenvalue weighted by Gasteiger charge is -2.37. The van der Waals surface area contributed by atoms with Crippen LogP contribution in [0.2, 0.25) is 0 Å². The summed E-state index contributed by atoms with van der Waals surface area (Å²) < 4.78 is 16.7. The Kier molecular flexibility index (Phi) is 9.31. The monoisotopic (exact) mass is 638 g/mol. The van der Waals surface area contributed by atoms with E-state index in [0.29, 0.717) is 48.2 Å². The van der Waals surface area contributed by atoms with E-state index in [2.05, 4.69) is 44.9 Å². The molecule has 0 saturated heterocycles. The summed E-state index contributed by atoms with van der Waals surface area (Å²) in [6.45, 7) is 5.65. The number of carbonyl (C=O) groups excluding carboxylic acids is 2. The summed E-state index contributed by atoms with van der Waals surface area (Å²) in [6, 6.07) is 20.9. The molecule has 0 unspecified atom stereocenters. The molecule has 2 aromatic carbocycles. The minimum Gasteiger partial charge on any atom is -0.481 e. The summed E-state index contributed by atoms with van der Waals surface area (Å²) >= 11 is 0. The van der Waals surface area contributed by atoms with E-state index in [1.54, 1.807) is 24.4 Å². The zero-order valence-electron chi connectivity index (χ0n) is 27.2. The summed E-state index contributed by atoms with van der Waals surface area (Å²) in [5.74, 6) is 0.205. The van der Waals surface area contributed by atoms with Crippen LogP contribution in [0.15, 0.2) is 72.9 Å². The highest BCUT2D eigenvalue weighted by molar-refractivity contribution is 5.80. The molecule has 10 heteroatoms. The number of nitrogens with one attached hydrogen (secondary N) is 2. The number of hydrogen-bond acceptors (Lipinski definition) is 8. The molecule has 47 heavy (non-hydrogen) atoms. The molecule has 2 heterocycles. The normalized spacial score (nSPS) is 18.8. The zero-order valence-corrected chi connectivity index (χ0v) is 27.2. The van der Waals surface area contributed by atoms with Crippen molar-refractivity contribution < 1.29 is 28.9 Å². The van der Waals surface area contributed by atoms with Crippen LogP contribution in [0.25, 0.3) is 22.2 Å². The van der Waals surface area contributed by atoms with E-state index in [9.17, 15) is 14.7 Å². The number of hydrogen-bond donors (Lipinski definition) is 3. The molecule has 4 aromatic rings. The topological polar surface area (TPSA) is 132 Å². The van der Waals surface area contributed by atoms with Gasteiger partial charge in [0.25, 0.3) is 0 Å². The van der Waals surface area contributed by atoms with E-state index in [1.807, 2.05) is 45.0 Å². The largest absolute Gasteiger partial charge is 0.481 e. The Morgan fingerprint density at radius 3 is 2.21 bits per heavy atom. The molecule has 2 aliphatic carbocycles. The molecule has 6 rings (SSSR count). The van der Waals surface area contributed by atoms with Crippen molar-refractivity contribution in [2.75, 3.05) is 13.7 Å². The van der Waals surface area contributed by atoms with Gasteiger partial charge in [0, 0.05) is 29.8 Å². The molecule has 2 amide bonds. The van der Waals surface area contributed by atoms with Crippen LogP contribution < -0.4 is 15.4 Å². The van der Waals surface area contributed by atoms with Gasteiger partial charge in [-0.25, -0.2) is 14.6 Å². The number of aliphatic hydroxyl groups is 1. The maximum absolute atomic E-state index is 13.6. The van der Waals surface area contributed by atoms with Crippen molar-refractivity contribution in [3.8, 4) is 17.0 Å². The number of aliphatic hydroxyl groups excluding tert-OH is 1. The Labute approximate surface area is 274 Å². The summed E-state index contributed by atoms with van der Waals surface area (Å²) in [4.78, 5) is 35.0. The van der Waals surface area contributed by atoms with Crippen LogP contribution in [0.4, 0.5) is 9.59 Å². The van der Waals surface area contributed by atoms with Crippen molar-refractivity contribution in [2.45, 2.75) is 76.2 Å². The predicted molar refractivity (Wildman–Crippen MR) is 178 cm³/mol. The fourth-order valence-electron chi connectivity index (χ4n) is 6.90. The predicted octanol–water partition coefficient (Wildman–Crippen LogP) is 6.66. The van der Waals surface area contributed by atoms with Crippen molar-refractivity contribution in [3.05, 3.63) is 89.6 Å². The van der Waals surface area contributed by atoms with E-state index in [4.69, 9.17) is 14.2 Å². The van der Waals surface area contributed by atoms with Crippen LogP contribution in [-0.4, -0.2) is 58.7 Å². The second-order valence-corrected chi connectivity index (χ2v) is 13.3. The molecule has 3 N–H and O–H groups in total. The summed E-state index contributed by atoms with van der Waals surface area (Å²) in [6.07, 6.45) is 2.12. The molecule has 2 atom stereocenters. The smallest absolute Gasteiger partial charge is 0.407 e. The molecule has 1 saturated carbocycles. The molecule has 0 aliphatic heterocycles. The highest BCUT2D eigenvalue weighted by Crippen LogP contribution is 2.44. The van der Waals surface area contributed by atoms with Crippen molar-refractivity contribution in [1.82, 2.24) is 20.6 Å². The van der Waals surface area contributed by atoms with Gasteiger partial charge in [0.2, 0.25) is 5.88 Å². The van der Waals surface area contributed by atoms with Crippen molar-refractivity contribution in [3.63, 3.8) is 0 Å². The molecule has 2 aliphatic rings. The molecule has 0 radical (unpaired) electrons. The molecule has 0 bridgehead atoms. The van der Waals surface area contributed by atoms with Gasteiger partial charge in [-0.15, -0.1) is 0 Å². The van der Waals surface area contributed by atoms with Gasteiger partial charge in [0.05, 0.1) is 24.2 Å². The van der Waals surface area contributed by atoms with Gasteiger partial charge in [0.1, 0.15) is 18.3 Å². The van der Waals surface area contributed by atoms with Gasteiger partial charge in [-0.05, 0) is 86.8 Å². The second kappa shape index (κ2) is 13.6. The number of fused-ring (bicyclic) bond motifs is 4. The molecule has 246 valence electrons.